The first-order valence-corrected chi connectivity index (χ1v) is 8.53. The third kappa shape index (κ3) is 3.31. The molecule has 3 aromatic rings. The maximum absolute atomic E-state index is 12.7. The lowest BCUT2D eigenvalue weighted by Gasteiger charge is -2.11. The summed E-state index contributed by atoms with van der Waals surface area (Å²) < 4.78 is 8.47. The largest absolute Gasteiger partial charge is 0.375 e. The Hall–Kier alpha value is -2.58. The van der Waals surface area contributed by atoms with E-state index in [1.807, 2.05) is 28.8 Å². The summed E-state index contributed by atoms with van der Waals surface area (Å²) in [5.74, 6) is 0.868. The van der Waals surface area contributed by atoms with E-state index in [9.17, 15) is 4.79 Å². The molecule has 2 bridgehead atoms. The second-order valence-corrected chi connectivity index (χ2v) is 6.48. The van der Waals surface area contributed by atoms with Gasteiger partial charge in [-0.1, -0.05) is 28.1 Å². The summed E-state index contributed by atoms with van der Waals surface area (Å²) in [6, 6.07) is 11.0. The third-order valence-electron chi connectivity index (χ3n) is 3.89. The maximum Gasteiger partial charge on any atom is 0.257 e. The molecular formula is C17H14BrN5O2. The zero-order valence-corrected chi connectivity index (χ0v) is 14.7. The van der Waals surface area contributed by atoms with Gasteiger partial charge in [0.05, 0.1) is 13.2 Å². The van der Waals surface area contributed by atoms with Crippen molar-refractivity contribution in [3.8, 4) is 11.5 Å². The number of carbonyl (C=O) groups excluding carboxylic acids is 1. The number of nitrogens with zero attached hydrogens (tertiary/aromatic N) is 4. The molecule has 1 aromatic carbocycles. The van der Waals surface area contributed by atoms with Crippen molar-refractivity contribution in [1.29, 1.82) is 0 Å². The van der Waals surface area contributed by atoms with Gasteiger partial charge in [-0.05, 0) is 29.8 Å². The molecule has 1 aliphatic heterocycles. The van der Waals surface area contributed by atoms with Crippen molar-refractivity contribution in [1.82, 2.24) is 19.7 Å². The minimum atomic E-state index is -0.231. The fourth-order valence-corrected chi connectivity index (χ4v) is 3.02. The summed E-state index contributed by atoms with van der Waals surface area (Å²) >= 11 is 3.41. The van der Waals surface area contributed by atoms with Gasteiger partial charge in [-0.2, -0.15) is 0 Å². The highest BCUT2D eigenvalue weighted by atomic mass is 79.9. The van der Waals surface area contributed by atoms with Crippen molar-refractivity contribution in [2.45, 2.75) is 13.2 Å². The number of benzene rings is 1. The molecule has 8 heteroatoms. The number of anilines is 1. The third-order valence-corrected chi connectivity index (χ3v) is 4.38. The first kappa shape index (κ1) is 15.9. The normalized spacial score (nSPS) is 14.4. The molecule has 1 N–H and O–H groups in total. The van der Waals surface area contributed by atoms with Crippen molar-refractivity contribution in [3.05, 3.63) is 58.3 Å². The molecule has 0 saturated carbocycles. The van der Waals surface area contributed by atoms with Gasteiger partial charge in [0.1, 0.15) is 17.8 Å². The Kier molecular flexibility index (Phi) is 4.29. The number of hydrogen-bond donors (Lipinski definition) is 1. The lowest BCUT2D eigenvalue weighted by molar-refractivity contribution is 0.0997. The Balaban J connectivity index is 1.77. The minimum absolute atomic E-state index is 0.231. The van der Waals surface area contributed by atoms with Gasteiger partial charge in [0, 0.05) is 16.6 Å². The van der Waals surface area contributed by atoms with Crippen LogP contribution in [0.5, 0.6) is 0 Å². The number of amides is 1. The number of hydrogen-bond acceptors (Lipinski definition) is 5. The van der Waals surface area contributed by atoms with Crippen LogP contribution in [0.15, 0.2) is 47.2 Å². The van der Waals surface area contributed by atoms with E-state index in [-0.39, 0.29) is 5.91 Å². The SMILES string of the molecule is O=C1Nc2cccc(n2)-c2nncn2CCOCc2ccc(Br)cc21. The standard InChI is InChI=1S/C17H14BrN5O2/c18-12-5-4-11-9-25-7-6-23-10-19-22-16(23)14-2-1-3-15(20-14)21-17(24)13(11)8-12/h1-5,8,10H,6-7,9H2,(H,20,21,24). The number of aromatic nitrogens is 4. The molecule has 0 fully saturated rings. The number of carbonyl (C=O) groups is 1. The molecule has 0 atom stereocenters. The summed E-state index contributed by atoms with van der Waals surface area (Å²) in [7, 11) is 0. The van der Waals surface area contributed by atoms with Crippen LogP contribution in [0, 0.1) is 0 Å². The smallest absolute Gasteiger partial charge is 0.257 e. The van der Waals surface area contributed by atoms with Gasteiger partial charge in [-0.25, -0.2) is 4.98 Å². The first-order valence-electron chi connectivity index (χ1n) is 7.73. The van der Waals surface area contributed by atoms with Crippen LogP contribution in [-0.4, -0.2) is 32.3 Å². The van der Waals surface area contributed by atoms with Crippen molar-refractivity contribution in [2.75, 3.05) is 11.9 Å². The van der Waals surface area contributed by atoms with E-state index in [1.54, 1.807) is 18.5 Å². The highest BCUT2D eigenvalue weighted by Crippen LogP contribution is 2.21. The molecule has 25 heavy (non-hydrogen) atoms. The van der Waals surface area contributed by atoms with E-state index in [0.29, 0.717) is 42.7 Å². The molecule has 0 unspecified atom stereocenters. The quantitative estimate of drug-likeness (QED) is 0.628. The van der Waals surface area contributed by atoms with Crippen LogP contribution >= 0.6 is 15.9 Å². The zero-order valence-electron chi connectivity index (χ0n) is 13.1. The highest BCUT2D eigenvalue weighted by molar-refractivity contribution is 9.10. The Morgan fingerprint density at radius 2 is 2.16 bits per heavy atom. The van der Waals surface area contributed by atoms with E-state index in [0.717, 1.165) is 10.0 Å². The van der Waals surface area contributed by atoms with Crippen LogP contribution in [0.4, 0.5) is 5.82 Å². The Labute approximate surface area is 152 Å². The lowest BCUT2D eigenvalue weighted by atomic mass is 10.1. The summed E-state index contributed by atoms with van der Waals surface area (Å²) in [4.78, 5) is 17.2. The molecule has 0 spiro atoms. The highest BCUT2D eigenvalue weighted by Gasteiger charge is 2.16. The van der Waals surface area contributed by atoms with Gasteiger partial charge < -0.3 is 14.6 Å². The molecule has 0 radical (unpaired) electrons. The Morgan fingerprint density at radius 3 is 3.08 bits per heavy atom. The predicted molar refractivity (Wildman–Crippen MR) is 95.0 cm³/mol. The molecule has 0 saturated heterocycles. The summed E-state index contributed by atoms with van der Waals surface area (Å²) in [6.07, 6.45) is 1.65. The van der Waals surface area contributed by atoms with E-state index < -0.39 is 0 Å². The van der Waals surface area contributed by atoms with Crippen LogP contribution in [0.1, 0.15) is 15.9 Å². The summed E-state index contributed by atoms with van der Waals surface area (Å²) in [6.45, 7) is 1.42. The number of ether oxygens (including phenoxy) is 1. The second kappa shape index (κ2) is 6.73. The fraction of sp³-hybridized carbons (Fsp3) is 0.176. The Morgan fingerprint density at radius 1 is 1.24 bits per heavy atom. The molecule has 2 aromatic heterocycles. The number of nitrogens with one attached hydrogen (secondary N) is 1. The van der Waals surface area contributed by atoms with Gasteiger partial charge >= 0.3 is 0 Å². The molecule has 126 valence electrons. The number of halogens is 1. The van der Waals surface area contributed by atoms with E-state index in [2.05, 4.69) is 36.4 Å². The summed E-state index contributed by atoms with van der Waals surface area (Å²) in [5, 5.41) is 10.9. The summed E-state index contributed by atoms with van der Waals surface area (Å²) in [5.41, 5.74) is 2.02. The van der Waals surface area contributed by atoms with Crippen molar-refractivity contribution >= 4 is 27.7 Å². The van der Waals surface area contributed by atoms with E-state index in [4.69, 9.17) is 4.74 Å². The molecule has 1 amide bonds. The minimum Gasteiger partial charge on any atom is -0.375 e. The van der Waals surface area contributed by atoms with Crippen LogP contribution in [0.2, 0.25) is 0 Å². The second-order valence-electron chi connectivity index (χ2n) is 5.56. The van der Waals surface area contributed by atoms with Crippen molar-refractivity contribution in [3.63, 3.8) is 0 Å². The van der Waals surface area contributed by atoms with E-state index >= 15 is 0 Å². The van der Waals surface area contributed by atoms with Gasteiger partial charge in [-0.3, -0.25) is 4.79 Å². The molecule has 3 heterocycles. The molecule has 7 nitrogen and oxygen atoms in total. The number of fused-ring (bicyclic) bond motifs is 5. The number of rotatable bonds is 0. The average molecular weight is 400 g/mol. The van der Waals surface area contributed by atoms with Gasteiger partial charge in [0.25, 0.3) is 5.91 Å². The van der Waals surface area contributed by atoms with Crippen LogP contribution in [0.25, 0.3) is 11.5 Å². The molecule has 1 aliphatic rings. The molecule has 4 rings (SSSR count). The van der Waals surface area contributed by atoms with Crippen molar-refractivity contribution < 1.29 is 9.53 Å². The fourth-order valence-electron chi connectivity index (χ4n) is 2.66. The zero-order chi connectivity index (χ0) is 17.2. The molecular weight excluding hydrogens is 386 g/mol. The van der Waals surface area contributed by atoms with Gasteiger partial charge in [0.15, 0.2) is 5.82 Å². The lowest BCUT2D eigenvalue weighted by Crippen LogP contribution is -2.16. The van der Waals surface area contributed by atoms with Crippen molar-refractivity contribution in [2.24, 2.45) is 0 Å². The first-order chi connectivity index (χ1) is 12.2. The average Bonchev–Trinajstić information content (AvgIpc) is 3.08. The van der Waals surface area contributed by atoms with Crippen LogP contribution in [-0.2, 0) is 17.9 Å². The van der Waals surface area contributed by atoms with Crippen LogP contribution in [0.3, 0.4) is 0 Å². The monoisotopic (exact) mass is 399 g/mol. The van der Waals surface area contributed by atoms with Gasteiger partial charge in [-0.15, -0.1) is 10.2 Å². The Bertz CT molecular complexity index is 940. The molecule has 0 aliphatic carbocycles. The number of pyridine rings is 1. The topological polar surface area (TPSA) is 81.9 Å². The predicted octanol–water partition coefficient (Wildman–Crippen LogP) is 2.89. The van der Waals surface area contributed by atoms with Crippen LogP contribution < -0.4 is 5.32 Å². The van der Waals surface area contributed by atoms with Gasteiger partial charge in [0.2, 0.25) is 0 Å². The van der Waals surface area contributed by atoms with E-state index in [1.165, 1.54) is 0 Å². The maximum atomic E-state index is 12.7.